The lowest BCUT2D eigenvalue weighted by molar-refractivity contribution is -0.114. The summed E-state index contributed by atoms with van der Waals surface area (Å²) in [6, 6.07) is 15.4. The number of amides is 1. The van der Waals surface area contributed by atoms with E-state index in [1.54, 1.807) is 0 Å². The number of unbranched alkanes of at least 4 members (excludes halogenated alkanes) is 1. The number of anilines is 2. The van der Waals surface area contributed by atoms with Crippen LogP contribution in [0, 0.1) is 6.92 Å². The topological polar surface area (TPSA) is 50.4 Å². The minimum atomic E-state index is -0.0859. The highest BCUT2D eigenvalue weighted by Gasteiger charge is 2.04. The number of carbonyl (C=O) groups is 1. The average Bonchev–Trinajstić information content (AvgIpc) is 2.54. The minimum absolute atomic E-state index is 0.0859. The van der Waals surface area contributed by atoms with Crippen LogP contribution in [0.4, 0.5) is 11.4 Å². The summed E-state index contributed by atoms with van der Waals surface area (Å²) in [5.74, 6) is 0.695. The summed E-state index contributed by atoms with van der Waals surface area (Å²) >= 11 is 0. The van der Waals surface area contributed by atoms with Crippen molar-refractivity contribution in [1.29, 1.82) is 0 Å². The number of ether oxygens (including phenoxy) is 1. The summed E-state index contributed by atoms with van der Waals surface area (Å²) in [6.07, 6.45) is 2.12. The zero-order valence-corrected chi connectivity index (χ0v) is 13.8. The zero-order valence-electron chi connectivity index (χ0n) is 13.8. The van der Waals surface area contributed by atoms with Gasteiger partial charge in [-0.1, -0.05) is 31.5 Å². The van der Waals surface area contributed by atoms with E-state index in [1.807, 2.05) is 55.5 Å². The Morgan fingerprint density at radius 3 is 2.65 bits per heavy atom. The molecule has 0 saturated heterocycles. The number of benzene rings is 2. The maximum absolute atomic E-state index is 12.0. The maximum Gasteiger partial charge on any atom is 0.243 e. The van der Waals surface area contributed by atoms with Gasteiger partial charge in [0.05, 0.1) is 13.2 Å². The molecule has 4 heteroatoms. The zero-order chi connectivity index (χ0) is 16.5. The first kappa shape index (κ1) is 16.9. The third-order valence-electron chi connectivity index (χ3n) is 3.36. The van der Waals surface area contributed by atoms with Gasteiger partial charge in [-0.25, -0.2) is 0 Å². The summed E-state index contributed by atoms with van der Waals surface area (Å²) in [7, 11) is 0. The quantitative estimate of drug-likeness (QED) is 0.717. The van der Waals surface area contributed by atoms with Gasteiger partial charge in [0.2, 0.25) is 5.91 Å². The summed E-state index contributed by atoms with van der Waals surface area (Å²) < 4.78 is 5.64. The van der Waals surface area contributed by atoms with Gasteiger partial charge in [0.15, 0.2) is 0 Å². The smallest absolute Gasteiger partial charge is 0.243 e. The van der Waals surface area contributed by atoms with Crippen molar-refractivity contribution in [2.75, 3.05) is 23.8 Å². The average molecular weight is 312 g/mol. The Labute approximate surface area is 137 Å². The molecule has 2 aromatic carbocycles. The van der Waals surface area contributed by atoms with E-state index in [2.05, 4.69) is 17.6 Å². The fraction of sp³-hybridized carbons (Fsp3) is 0.316. The van der Waals surface area contributed by atoms with Crippen LogP contribution in [0.2, 0.25) is 0 Å². The largest absolute Gasteiger partial charge is 0.494 e. The van der Waals surface area contributed by atoms with Crippen LogP contribution < -0.4 is 15.4 Å². The van der Waals surface area contributed by atoms with E-state index in [1.165, 1.54) is 0 Å². The Hall–Kier alpha value is -2.49. The predicted octanol–water partition coefficient (Wildman–Crippen LogP) is 4.22. The molecular weight excluding hydrogens is 288 g/mol. The Bertz CT molecular complexity index is 641. The second kappa shape index (κ2) is 8.83. The van der Waals surface area contributed by atoms with E-state index < -0.39 is 0 Å². The highest BCUT2D eigenvalue weighted by atomic mass is 16.5. The highest BCUT2D eigenvalue weighted by Crippen LogP contribution is 2.17. The van der Waals surface area contributed by atoms with Gasteiger partial charge in [-0.05, 0) is 43.2 Å². The summed E-state index contributed by atoms with van der Waals surface area (Å²) in [5, 5.41) is 5.99. The molecule has 0 aliphatic carbocycles. The van der Waals surface area contributed by atoms with Crippen LogP contribution in [-0.2, 0) is 4.79 Å². The summed E-state index contributed by atoms with van der Waals surface area (Å²) in [5.41, 5.74) is 2.85. The van der Waals surface area contributed by atoms with Crippen molar-refractivity contribution in [2.24, 2.45) is 0 Å². The molecule has 0 radical (unpaired) electrons. The van der Waals surface area contributed by atoms with E-state index in [4.69, 9.17) is 4.74 Å². The van der Waals surface area contributed by atoms with Crippen LogP contribution in [0.1, 0.15) is 25.3 Å². The van der Waals surface area contributed by atoms with Crippen molar-refractivity contribution < 1.29 is 9.53 Å². The Morgan fingerprint density at radius 1 is 1.09 bits per heavy atom. The summed E-state index contributed by atoms with van der Waals surface area (Å²) in [4.78, 5) is 12.0. The fourth-order valence-electron chi connectivity index (χ4n) is 2.14. The first-order chi connectivity index (χ1) is 11.2. The lowest BCUT2D eigenvalue weighted by atomic mass is 10.2. The van der Waals surface area contributed by atoms with E-state index in [0.29, 0.717) is 6.61 Å². The molecular formula is C19H24N2O2. The molecule has 0 atom stereocenters. The molecule has 2 N–H and O–H groups in total. The number of rotatable bonds is 8. The van der Waals surface area contributed by atoms with Crippen molar-refractivity contribution in [3.05, 3.63) is 54.1 Å². The molecule has 0 aliphatic rings. The molecule has 0 unspecified atom stereocenters. The van der Waals surface area contributed by atoms with Crippen LogP contribution >= 0.6 is 0 Å². The number of nitrogens with one attached hydrogen (secondary N) is 2. The molecule has 0 heterocycles. The van der Waals surface area contributed by atoms with E-state index >= 15 is 0 Å². The highest BCUT2D eigenvalue weighted by molar-refractivity contribution is 5.93. The molecule has 0 spiro atoms. The monoisotopic (exact) mass is 312 g/mol. The lowest BCUT2D eigenvalue weighted by Gasteiger charge is -2.10. The van der Waals surface area contributed by atoms with Crippen molar-refractivity contribution in [1.82, 2.24) is 0 Å². The van der Waals surface area contributed by atoms with Crippen LogP contribution in [0.5, 0.6) is 5.75 Å². The van der Waals surface area contributed by atoms with Crippen molar-refractivity contribution >= 4 is 17.3 Å². The van der Waals surface area contributed by atoms with Gasteiger partial charge < -0.3 is 15.4 Å². The molecule has 122 valence electrons. The molecule has 4 nitrogen and oxygen atoms in total. The molecule has 2 aromatic rings. The van der Waals surface area contributed by atoms with E-state index in [-0.39, 0.29) is 12.5 Å². The Balaban J connectivity index is 1.83. The van der Waals surface area contributed by atoms with Gasteiger partial charge in [-0.15, -0.1) is 0 Å². The molecule has 2 rings (SSSR count). The molecule has 1 amide bonds. The van der Waals surface area contributed by atoms with Gasteiger partial charge in [0.25, 0.3) is 0 Å². The van der Waals surface area contributed by atoms with Gasteiger partial charge in [-0.2, -0.15) is 0 Å². The Morgan fingerprint density at radius 2 is 1.87 bits per heavy atom. The second-order valence-electron chi connectivity index (χ2n) is 5.50. The Kier molecular flexibility index (Phi) is 6.48. The van der Waals surface area contributed by atoms with Crippen molar-refractivity contribution in [3.8, 4) is 5.75 Å². The van der Waals surface area contributed by atoms with Gasteiger partial charge in [0, 0.05) is 17.4 Å². The van der Waals surface area contributed by atoms with Crippen LogP contribution in [-0.4, -0.2) is 19.1 Å². The normalized spacial score (nSPS) is 10.2. The fourth-order valence-corrected chi connectivity index (χ4v) is 2.14. The number of hydrogen-bond donors (Lipinski definition) is 2. The third kappa shape index (κ3) is 6.02. The van der Waals surface area contributed by atoms with E-state index in [0.717, 1.165) is 35.5 Å². The third-order valence-corrected chi connectivity index (χ3v) is 3.36. The van der Waals surface area contributed by atoms with Crippen molar-refractivity contribution in [2.45, 2.75) is 26.7 Å². The first-order valence-corrected chi connectivity index (χ1v) is 8.00. The molecule has 0 bridgehead atoms. The van der Waals surface area contributed by atoms with Gasteiger partial charge >= 0.3 is 0 Å². The first-order valence-electron chi connectivity index (χ1n) is 8.00. The SMILES string of the molecule is CCCCOc1cccc(NC(=O)CNc2cccc(C)c2)c1. The molecule has 0 aromatic heterocycles. The van der Waals surface area contributed by atoms with Crippen LogP contribution in [0.15, 0.2) is 48.5 Å². The van der Waals surface area contributed by atoms with Gasteiger partial charge in [0.1, 0.15) is 5.75 Å². The standard InChI is InChI=1S/C19H24N2O2/c1-3-4-11-23-18-10-6-9-17(13-18)21-19(22)14-20-16-8-5-7-15(2)12-16/h5-10,12-13,20H,3-4,11,14H2,1-2H3,(H,21,22). The molecule has 0 fully saturated rings. The molecule has 0 aliphatic heterocycles. The van der Waals surface area contributed by atoms with Gasteiger partial charge in [-0.3, -0.25) is 4.79 Å². The van der Waals surface area contributed by atoms with Crippen molar-refractivity contribution in [3.63, 3.8) is 0 Å². The van der Waals surface area contributed by atoms with Crippen LogP contribution in [0.25, 0.3) is 0 Å². The van der Waals surface area contributed by atoms with Crippen LogP contribution in [0.3, 0.4) is 0 Å². The second-order valence-corrected chi connectivity index (χ2v) is 5.50. The number of carbonyl (C=O) groups excluding carboxylic acids is 1. The molecule has 0 saturated carbocycles. The minimum Gasteiger partial charge on any atom is -0.494 e. The number of hydrogen-bond acceptors (Lipinski definition) is 3. The number of aryl methyl sites for hydroxylation is 1. The summed E-state index contributed by atoms with van der Waals surface area (Å²) in [6.45, 7) is 5.07. The lowest BCUT2D eigenvalue weighted by Crippen LogP contribution is -2.21. The predicted molar refractivity (Wildman–Crippen MR) is 95.1 cm³/mol. The molecule has 23 heavy (non-hydrogen) atoms. The van der Waals surface area contributed by atoms with E-state index in [9.17, 15) is 4.79 Å². The maximum atomic E-state index is 12.0.